The lowest BCUT2D eigenvalue weighted by Gasteiger charge is -2.11. The summed E-state index contributed by atoms with van der Waals surface area (Å²) in [6, 6.07) is 20.8. The van der Waals surface area contributed by atoms with Gasteiger partial charge in [0.2, 0.25) is 0 Å². The Bertz CT molecular complexity index is 716. The maximum atomic E-state index is 10.9. The van der Waals surface area contributed by atoms with Crippen LogP contribution in [0.15, 0.2) is 60.7 Å². The Hall–Kier alpha value is -2.19. The number of aldehydes is 1. The van der Waals surface area contributed by atoms with Crippen molar-refractivity contribution < 1.29 is 19.1 Å². The van der Waals surface area contributed by atoms with Crippen LogP contribution >= 0.6 is 11.8 Å². The molecule has 2 aromatic carbocycles. The summed E-state index contributed by atoms with van der Waals surface area (Å²) in [7, 11) is 1.99. The van der Waals surface area contributed by atoms with E-state index >= 15 is 0 Å². The summed E-state index contributed by atoms with van der Waals surface area (Å²) in [6.45, 7) is 13.4. The number of epoxide rings is 1. The number of benzene rings is 2. The molecule has 2 atom stereocenters. The average molecular weight is 535 g/mol. The van der Waals surface area contributed by atoms with Gasteiger partial charge < -0.3 is 24.9 Å². The van der Waals surface area contributed by atoms with Crippen LogP contribution in [0.2, 0.25) is 0 Å². The first-order valence-corrected chi connectivity index (χ1v) is 14.5. The molecule has 37 heavy (non-hydrogen) atoms. The highest BCUT2D eigenvalue weighted by atomic mass is 32.2. The summed E-state index contributed by atoms with van der Waals surface area (Å²) in [5.41, 5.74) is 2.73. The number of thioether (sulfide) groups is 1. The number of hydrogen-bond acceptors (Lipinski definition) is 7. The molecule has 1 aliphatic rings. The SMILES string of the molecule is CC.CC.CCOC=O.CNCCCc1ccccc1.O=CC(CSCc1ccccc1)NCC1CO1. The van der Waals surface area contributed by atoms with Gasteiger partial charge in [-0.1, -0.05) is 88.4 Å². The molecule has 0 saturated carbocycles. The molecule has 0 aromatic heterocycles. The Morgan fingerprint density at radius 2 is 1.57 bits per heavy atom. The van der Waals surface area contributed by atoms with Gasteiger partial charge in [-0.3, -0.25) is 4.79 Å². The topological polar surface area (TPSA) is 80.0 Å². The Labute approximate surface area is 230 Å². The van der Waals surface area contributed by atoms with Crippen LogP contribution < -0.4 is 10.6 Å². The van der Waals surface area contributed by atoms with E-state index in [0.717, 1.165) is 37.5 Å². The lowest BCUT2D eigenvalue weighted by molar-refractivity contribution is -0.128. The molecule has 2 unspecified atom stereocenters. The number of carbonyl (C=O) groups excluding carboxylic acids is 2. The number of nitrogens with one attached hydrogen (secondary N) is 2. The fourth-order valence-electron chi connectivity index (χ4n) is 2.68. The normalized spacial score (nSPS) is 13.3. The van der Waals surface area contributed by atoms with Crippen molar-refractivity contribution in [3.05, 3.63) is 71.8 Å². The molecule has 0 radical (unpaired) electrons. The number of ether oxygens (including phenoxy) is 2. The van der Waals surface area contributed by atoms with Crippen molar-refractivity contribution in [3.8, 4) is 0 Å². The Morgan fingerprint density at radius 3 is 2.00 bits per heavy atom. The highest BCUT2D eigenvalue weighted by Crippen LogP contribution is 2.13. The predicted molar refractivity (Wildman–Crippen MR) is 159 cm³/mol. The largest absolute Gasteiger partial charge is 0.468 e. The first kappa shape index (κ1) is 37.0. The van der Waals surface area contributed by atoms with Crippen molar-refractivity contribution in [2.45, 2.75) is 65.4 Å². The van der Waals surface area contributed by atoms with Crippen molar-refractivity contribution >= 4 is 24.5 Å². The van der Waals surface area contributed by atoms with E-state index in [0.29, 0.717) is 19.2 Å². The van der Waals surface area contributed by atoms with E-state index in [-0.39, 0.29) is 6.04 Å². The molecule has 1 aliphatic heterocycles. The van der Waals surface area contributed by atoms with Crippen LogP contribution in [0.3, 0.4) is 0 Å². The fourth-order valence-corrected chi connectivity index (χ4v) is 3.67. The average Bonchev–Trinajstić information content (AvgIpc) is 3.80. The van der Waals surface area contributed by atoms with E-state index < -0.39 is 0 Å². The summed E-state index contributed by atoms with van der Waals surface area (Å²) >= 11 is 1.78. The van der Waals surface area contributed by atoms with Gasteiger partial charge in [-0.15, -0.1) is 0 Å². The van der Waals surface area contributed by atoms with E-state index in [2.05, 4.69) is 57.8 Å². The van der Waals surface area contributed by atoms with Gasteiger partial charge in [-0.05, 0) is 44.5 Å². The molecule has 0 amide bonds. The third-order valence-corrected chi connectivity index (χ3v) is 5.69. The van der Waals surface area contributed by atoms with Crippen LogP contribution in [-0.2, 0) is 31.2 Å². The minimum absolute atomic E-state index is 0.0621. The van der Waals surface area contributed by atoms with Crippen molar-refractivity contribution in [3.63, 3.8) is 0 Å². The molecule has 0 aliphatic carbocycles. The van der Waals surface area contributed by atoms with Gasteiger partial charge in [0.25, 0.3) is 6.47 Å². The van der Waals surface area contributed by atoms with Gasteiger partial charge in [0.1, 0.15) is 6.29 Å². The molecule has 1 fully saturated rings. The van der Waals surface area contributed by atoms with E-state index in [4.69, 9.17) is 4.74 Å². The van der Waals surface area contributed by atoms with Crippen molar-refractivity contribution in [1.82, 2.24) is 10.6 Å². The monoisotopic (exact) mass is 534 g/mol. The maximum absolute atomic E-state index is 10.9. The molecular formula is C30H50N2O4S. The van der Waals surface area contributed by atoms with Crippen LogP contribution in [0.5, 0.6) is 0 Å². The highest BCUT2D eigenvalue weighted by Gasteiger charge is 2.23. The molecule has 0 spiro atoms. The lowest BCUT2D eigenvalue weighted by atomic mass is 10.1. The first-order valence-electron chi connectivity index (χ1n) is 13.4. The zero-order valence-corrected chi connectivity index (χ0v) is 24.6. The molecule has 210 valence electrons. The zero-order valence-electron chi connectivity index (χ0n) is 23.8. The Balaban J connectivity index is 0. The minimum Gasteiger partial charge on any atom is -0.468 e. The third kappa shape index (κ3) is 25.2. The zero-order chi connectivity index (χ0) is 28.0. The second-order valence-electron chi connectivity index (χ2n) is 7.35. The van der Waals surface area contributed by atoms with Crippen molar-refractivity contribution in [2.24, 2.45) is 0 Å². The second-order valence-corrected chi connectivity index (χ2v) is 8.38. The molecular weight excluding hydrogens is 484 g/mol. The summed E-state index contributed by atoms with van der Waals surface area (Å²) in [6.07, 6.45) is 3.72. The first-order chi connectivity index (χ1) is 18.2. The molecule has 3 rings (SSSR count). The lowest BCUT2D eigenvalue weighted by Crippen LogP contribution is -2.35. The molecule has 1 heterocycles. The number of aryl methyl sites for hydroxylation is 1. The maximum Gasteiger partial charge on any atom is 0.293 e. The van der Waals surface area contributed by atoms with Crippen LogP contribution in [0, 0.1) is 0 Å². The summed E-state index contributed by atoms with van der Waals surface area (Å²) in [5.74, 6) is 1.76. The Kier molecular flexibility index (Phi) is 30.0. The molecule has 0 bridgehead atoms. The van der Waals surface area contributed by atoms with E-state index in [9.17, 15) is 9.59 Å². The molecule has 1 saturated heterocycles. The quantitative estimate of drug-likeness (QED) is 0.187. The van der Waals surface area contributed by atoms with Gasteiger partial charge in [-0.2, -0.15) is 11.8 Å². The molecule has 2 N–H and O–H groups in total. The van der Waals surface area contributed by atoms with Crippen LogP contribution in [0.1, 0.15) is 52.2 Å². The fraction of sp³-hybridized carbons (Fsp3) is 0.533. The third-order valence-electron chi connectivity index (χ3n) is 4.55. The van der Waals surface area contributed by atoms with E-state index in [1.807, 2.05) is 52.9 Å². The van der Waals surface area contributed by atoms with Crippen LogP contribution in [0.4, 0.5) is 0 Å². The van der Waals surface area contributed by atoms with E-state index in [1.165, 1.54) is 24.0 Å². The number of rotatable bonds is 14. The van der Waals surface area contributed by atoms with Crippen LogP contribution in [-0.4, -0.2) is 64.0 Å². The van der Waals surface area contributed by atoms with Gasteiger partial charge in [0.05, 0.1) is 25.4 Å². The summed E-state index contributed by atoms with van der Waals surface area (Å²) < 4.78 is 9.24. The van der Waals surface area contributed by atoms with Gasteiger partial charge >= 0.3 is 0 Å². The number of hydrogen-bond donors (Lipinski definition) is 2. The van der Waals surface area contributed by atoms with Gasteiger partial charge in [-0.25, -0.2) is 0 Å². The van der Waals surface area contributed by atoms with Crippen molar-refractivity contribution in [1.29, 1.82) is 0 Å². The Morgan fingerprint density at radius 1 is 1.00 bits per heavy atom. The number of carbonyl (C=O) groups is 2. The van der Waals surface area contributed by atoms with Crippen molar-refractivity contribution in [2.75, 3.05) is 39.1 Å². The van der Waals surface area contributed by atoms with Crippen LogP contribution in [0.25, 0.3) is 0 Å². The van der Waals surface area contributed by atoms with Gasteiger partial charge in [0, 0.05) is 18.1 Å². The summed E-state index contributed by atoms with van der Waals surface area (Å²) in [4.78, 5) is 20.0. The summed E-state index contributed by atoms with van der Waals surface area (Å²) in [5, 5.41) is 6.34. The predicted octanol–water partition coefficient (Wildman–Crippen LogP) is 5.55. The smallest absolute Gasteiger partial charge is 0.293 e. The van der Waals surface area contributed by atoms with Gasteiger partial charge in [0.15, 0.2) is 0 Å². The molecule has 2 aromatic rings. The second kappa shape index (κ2) is 30.0. The minimum atomic E-state index is -0.0621. The van der Waals surface area contributed by atoms with E-state index in [1.54, 1.807) is 18.7 Å². The standard InChI is InChI=1S/C13H17NO2S.C10H15N.C3H6O2.2C2H6/c15-7-12(14-6-13-8-16-13)10-17-9-11-4-2-1-3-5-11;1-11-9-5-8-10-6-3-2-4-7-10;1-2-5-3-4;2*1-2/h1-5,7,12-14H,6,8-10H2;2-4,6-7,11H,5,8-9H2,1H3;3H,2H2,1H3;2*1-2H3. The molecule has 7 heteroatoms. The molecule has 6 nitrogen and oxygen atoms in total. The highest BCUT2D eigenvalue weighted by molar-refractivity contribution is 7.98.